The first-order valence-electron chi connectivity index (χ1n) is 8.97. The van der Waals surface area contributed by atoms with E-state index in [1.54, 1.807) is 36.1 Å². The molecule has 0 aliphatic carbocycles. The zero-order valence-electron chi connectivity index (χ0n) is 15.1. The van der Waals surface area contributed by atoms with Crippen molar-refractivity contribution in [2.45, 2.75) is 12.5 Å². The van der Waals surface area contributed by atoms with E-state index in [-0.39, 0.29) is 28.5 Å². The first-order valence-corrected chi connectivity index (χ1v) is 8.97. The summed E-state index contributed by atoms with van der Waals surface area (Å²) < 4.78 is 17.7. The second-order valence-electron chi connectivity index (χ2n) is 6.99. The number of pyridine rings is 1. The number of fused-ring (bicyclic) bond motifs is 2. The number of aromatic nitrogens is 5. The van der Waals surface area contributed by atoms with E-state index >= 15 is 0 Å². The molecule has 5 rings (SSSR count). The molecule has 1 atom stereocenters. The number of nitrogens with one attached hydrogen (secondary N) is 1. The van der Waals surface area contributed by atoms with Gasteiger partial charge in [-0.25, -0.2) is 14.4 Å². The third-order valence-corrected chi connectivity index (χ3v) is 5.17. The summed E-state index contributed by atoms with van der Waals surface area (Å²) >= 11 is 0. The van der Waals surface area contributed by atoms with E-state index in [0.29, 0.717) is 16.3 Å². The minimum absolute atomic E-state index is 0.0811. The molecule has 0 saturated carbocycles. The van der Waals surface area contributed by atoms with E-state index in [1.807, 2.05) is 0 Å². The smallest absolute Gasteiger partial charge is 0.261 e. The molecule has 2 N–H and O–H groups in total. The van der Waals surface area contributed by atoms with Gasteiger partial charge in [-0.1, -0.05) is 0 Å². The van der Waals surface area contributed by atoms with Crippen LogP contribution in [0.2, 0.25) is 0 Å². The van der Waals surface area contributed by atoms with Gasteiger partial charge in [0.1, 0.15) is 5.52 Å². The van der Waals surface area contributed by atoms with Gasteiger partial charge in [-0.05, 0) is 25.1 Å². The number of nitrogens with zero attached hydrogens (tertiary/aromatic N) is 5. The van der Waals surface area contributed by atoms with Crippen LogP contribution in [-0.4, -0.2) is 42.5 Å². The lowest BCUT2D eigenvalue weighted by atomic mass is 10.1. The summed E-state index contributed by atoms with van der Waals surface area (Å²) in [6.45, 7) is 1.63. The van der Waals surface area contributed by atoms with Crippen molar-refractivity contribution in [3.63, 3.8) is 0 Å². The maximum Gasteiger partial charge on any atom is 0.261 e. The Labute approximate surface area is 158 Å². The Morgan fingerprint density at radius 2 is 2.25 bits per heavy atom. The molecular weight excluding hydrogens is 363 g/mol. The summed E-state index contributed by atoms with van der Waals surface area (Å²) in [5.74, 6) is -1.23. The van der Waals surface area contributed by atoms with E-state index in [4.69, 9.17) is 0 Å². The summed E-state index contributed by atoms with van der Waals surface area (Å²) in [7, 11) is 1.67. The van der Waals surface area contributed by atoms with E-state index in [1.165, 1.54) is 10.9 Å². The van der Waals surface area contributed by atoms with Crippen LogP contribution in [0.5, 0.6) is 5.75 Å². The van der Waals surface area contributed by atoms with Gasteiger partial charge in [0.25, 0.3) is 5.56 Å². The van der Waals surface area contributed by atoms with Crippen LogP contribution < -0.4 is 10.9 Å². The Kier molecular flexibility index (Phi) is 3.66. The topological polar surface area (TPSA) is 97.9 Å². The highest BCUT2D eigenvalue weighted by Gasteiger charge is 2.21. The van der Waals surface area contributed by atoms with Gasteiger partial charge in [0.2, 0.25) is 0 Å². The zero-order chi connectivity index (χ0) is 19.4. The lowest BCUT2D eigenvalue weighted by Crippen LogP contribution is -2.26. The fourth-order valence-corrected chi connectivity index (χ4v) is 3.75. The van der Waals surface area contributed by atoms with Gasteiger partial charge in [-0.3, -0.25) is 9.48 Å². The van der Waals surface area contributed by atoms with Crippen molar-refractivity contribution in [1.82, 2.24) is 29.6 Å². The Bertz CT molecular complexity index is 1290. The second kappa shape index (κ2) is 6.10. The molecule has 4 aromatic rings. The van der Waals surface area contributed by atoms with Gasteiger partial charge in [-0.15, -0.1) is 0 Å². The summed E-state index contributed by atoms with van der Waals surface area (Å²) in [6.07, 6.45) is 5.70. The predicted octanol–water partition coefficient (Wildman–Crippen LogP) is 1.72. The normalized spacial score (nSPS) is 17.0. The van der Waals surface area contributed by atoms with Crippen molar-refractivity contribution >= 4 is 21.8 Å². The van der Waals surface area contributed by atoms with E-state index in [0.717, 1.165) is 19.5 Å². The Hall–Kier alpha value is -3.33. The van der Waals surface area contributed by atoms with Crippen LogP contribution in [-0.2, 0) is 7.05 Å². The highest BCUT2D eigenvalue weighted by molar-refractivity contribution is 5.88. The SMILES string of the molecule is Cn1cc2cc(-c3ncc4c(=O)n([C@H]5CCNC5)ccc4n3)c(O)c(F)c2n1. The van der Waals surface area contributed by atoms with Crippen LogP contribution >= 0.6 is 0 Å². The monoisotopic (exact) mass is 380 g/mol. The number of rotatable bonds is 2. The minimum Gasteiger partial charge on any atom is -0.504 e. The quantitative estimate of drug-likeness (QED) is 0.550. The molecule has 4 heterocycles. The summed E-state index contributed by atoms with van der Waals surface area (Å²) in [4.78, 5) is 21.4. The molecule has 8 nitrogen and oxygen atoms in total. The standard InChI is InChI=1S/C19H17FN6O2/c1-25-9-10-6-12(17(27)15(20)16(10)24-25)18-22-8-13-14(23-18)3-5-26(19(13)28)11-2-4-21-7-11/h3,5-6,8-9,11,21,27H,2,4,7H2,1H3/t11-/m0/s1. The first-order chi connectivity index (χ1) is 13.5. The van der Waals surface area contributed by atoms with Crippen LogP contribution in [0.3, 0.4) is 0 Å². The molecular formula is C19H17FN6O2. The van der Waals surface area contributed by atoms with E-state index in [9.17, 15) is 14.3 Å². The molecule has 0 bridgehead atoms. The number of benzene rings is 1. The predicted molar refractivity (Wildman–Crippen MR) is 102 cm³/mol. The van der Waals surface area contributed by atoms with Crippen LogP contribution in [0.15, 0.2) is 35.5 Å². The number of halogens is 1. The maximum atomic E-state index is 14.5. The molecule has 1 saturated heterocycles. The van der Waals surface area contributed by atoms with Crippen molar-refractivity contribution in [2.75, 3.05) is 13.1 Å². The number of hydrogen-bond acceptors (Lipinski definition) is 6. The number of aryl methyl sites for hydroxylation is 1. The van der Waals surface area contributed by atoms with Gasteiger partial charge >= 0.3 is 0 Å². The van der Waals surface area contributed by atoms with Crippen molar-refractivity contribution < 1.29 is 9.50 Å². The van der Waals surface area contributed by atoms with Gasteiger partial charge in [0.15, 0.2) is 17.4 Å². The van der Waals surface area contributed by atoms with E-state index < -0.39 is 11.6 Å². The van der Waals surface area contributed by atoms with Crippen molar-refractivity contribution in [3.8, 4) is 17.1 Å². The van der Waals surface area contributed by atoms with Crippen LogP contribution in [0.4, 0.5) is 4.39 Å². The fraction of sp³-hybridized carbons (Fsp3) is 0.263. The van der Waals surface area contributed by atoms with Gasteiger partial charge < -0.3 is 15.0 Å². The van der Waals surface area contributed by atoms with Crippen LogP contribution in [0, 0.1) is 5.82 Å². The van der Waals surface area contributed by atoms with Gasteiger partial charge in [0, 0.05) is 37.6 Å². The van der Waals surface area contributed by atoms with Crippen LogP contribution in [0.1, 0.15) is 12.5 Å². The molecule has 1 aliphatic heterocycles. The third-order valence-electron chi connectivity index (χ3n) is 5.17. The molecule has 142 valence electrons. The van der Waals surface area contributed by atoms with Crippen molar-refractivity contribution in [2.24, 2.45) is 7.05 Å². The zero-order valence-corrected chi connectivity index (χ0v) is 15.1. The summed E-state index contributed by atoms with van der Waals surface area (Å²) in [5.41, 5.74) is 0.529. The second-order valence-corrected chi connectivity index (χ2v) is 6.99. The Balaban J connectivity index is 1.66. The lowest BCUT2D eigenvalue weighted by Gasteiger charge is -2.13. The van der Waals surface area contributed by atoms with Gasteiger partial charge in [-0.2, -0.15) is 5.10 Å². The first kappa shape index (κ1) is 16.8. The largest absolute Gasteiger partial charge is 0.504 e. The summed E-state index contributed by atoms with van der Waals surface area (Å²) in [5, 5.41) is 18.5. The average Bonchev–Trinajstić information content (AvgIpc) is 3.34. The molecule has 1 fully saturated rings. The Morgan fingerprint density at radius 1 is 1.39 bits per heavy atom. The number of hydrogen-bond donors (Lipinski definition) is 2. The number of aromatic hydroxyl groups is 1. The molecule has 28 heavy (non-hydrogen) atoms. The van der Waals surface area contributed by atoms with Gasteiger partial charge in [0.05, 0.1) is 22.5 Å². The highest BCUT2D eigenvalue weighted by atomic mass is 19.1. The third kappa shape index (κ3) is 2.47. The number of phenolic OH excluding ortho intramolecular Hbond substituents is 1. The van der Waals surface area contributed by atoms with Crippen LogP contribution in [0.25, 0.3) is 33.2 Å². The van der Waals surface area contributed by atoms with E-state index in [2.05, 4.69) is 20.4 Å². The summed E-state index contributed by atoms with van der Waals surface area (Å²) in [6, 6.07) is 3.45. The molecule has 9 heteroatoms. The molecule has 0 spiro atoms. The molecule has 0 amide bonds. The van der Waals surface area contributed by atoms with Crippen molar-refractivity contribution in [3.05, 3.63) is 46.9 Å². The molecule has 1 aromatic carbocycles. The van der Waals surface area contributed by atoms with Crippen molar-refractivity contribution in [1.29, 1.82) is 0 Å². The minimum atomic E-state index is -0.819. The fourth-order valence-electron chi connectivity index (χ4n) is 3.75. The Morgan fingerprint density at radius 3 is 3.04 bits per heavy atom. The molecule has 1 aliphatic rings. The molecule has 3 aromatic heterocycles. The maximum absolute atomic E-state index is 14.5. The average molecular weight is 380 g/mol. The molecule has 0 unspecified atom stereocenters. The highest BCUT2D eigenvalue weighted by Crippen LogP contribution is 2.34. The molecule has 0 radical (unpaired) electrons. The lowest BCUT2D eigenvalue weighted by molar-refractivity contribution is 0.437. The number of phenols is 1.